The molecule has 0 spiro atoms. The van der Waals surface area contributed by atoms with Crippen molar-refractivity contribution >= 4 is 11.6 Å². The maximum atomic E-state index is 5.84. The summed E-state index contributed by atoms with van der Waals surface area (Å²) in [6.07, 6.45) is 10.2. The molecule has 1 aliphatic rings. The van der Waals surface area contributed by atoms with E-state index in [4.69, 9.17) is 11.6 Å². The number of hydrogen-bond donors (Lipinski definition) is 0. The molecule has 0 fully saturated rings. The Hall–Kier alpha value is 0.0300. The van der Waals surface area contributed by atoms with Crippen LogP contribution < -0.4 is 0 Å². The standard InChI is InChI=1S/C10H17Cl/c1-9(11)5-4-8-10-6-2-3-7-10/h6,9H,2-5,7-8H2,1H3. The van der Waals surface area contributed by atoms with Gasteiger partial charge in [-0.25, -0.2) is 0 Å². The summed E-state index contributed by atoms with van der Waals surface area (Å²) in [6.45, 7) is 2.07. The molecular weight excluding hydrogens is 156 g/mol. The van der Waals surface area contributed by atoms with Gasteiger partial charge in [0.2, 0.25) is 0 Å². The van der Waals surface area contributed by atoms with E-state index in [1.807, 2.05) is 0 Å². The quantitative estimate of drug-likeness (QED) is 0.446. The molecule has 0 bridgehead atoms. The van der Waals surface area contributed by atoms with E-state index in [1.54, 1.807) is 5.57 Å². The van der Waals surface area contributed by atoms with Gasteiger partial charge in [0.05, 0.1) is 0 Å². The Balaban J connectivity index is 2.03. The molecule has 1 unspecified atom stereocenters. The molecule has 0 nitrogen and oxygen atoms in total. The molecule has 0 amide bonds. The minimum Gasteiger partial charge on any atom is -0.123 e. The smallest absolute Gasteiger partial charge is 0.0307 e. The predicted octanol–water partition coefficient (Wildman–Crippen LogP) is 3.89. The summed E-state index contributed by atoms with van der Waals surface area (Å²) in [5.74, 6) is 0. The fourth-order valence-corrected chi connectivity index (χ4v) is 1.73. The second kappa shape index (κ2) is 4.82. The molecular formula is C10H17Cl. The lowest BCUT2D eigenvalue weighted by Crippen LogP contribution is -1.90. The molecule has 0 aromatic carbocycles. The third-order valence-electron chi connectivity index (χ3n) is 2.23. The van der Waals surface area contributed by atoms with Gasteiger partial charge < -0.3 is 0 Å². The zero-order valence-corrected chi connectivity index (χ0v) is 8.03. The van der Waals surface area contributed by atoms with Crippen LogP contribution in [0.5, 0.6) is 0 Å². The van der Waals surface area contributed by atoms with Gasteiger partial charge in [0.25, 0.3) is 0 Å². The maximum absolute atomic E-state index is 5.84. The first-order chi connectivity index (χ1) is 5.29. The minimum atomic E-state index is 0.358. The van der Waals surface area contributed by atoms with Crippen LogP contribution in [-0.2, 0) is 0 Å². The van der Waals surface area contributed by atoms with Crippen molar-refractivity contribution < 1.29 is 0 Å². The molecule has 0 aromatic rings. The van der Waals surface area contributed by atoms with Crippen LogP contribution in [0.4, 0.5) is 0 Å². The molecule has 0 N–H and O–H groups in total. The molecule has 0 saturated heterocycles. The van der Waals surface area contributed by atoms with E-state index in [9.17, 15) is 0 Å². The van der Waals surface area contributed by atoms with E-state index in [0.717, 1.165) is 0 Å². The summed E-state index contributed by atoms with van der Waals surface area (Å²) < 4.78 is 0. The third-order valence-corrected chi connectivity index (χ3v) is 2.45. The Morgan fingerprint density at radius 1 is 1.64 bits per heavy atom. The van der Waals surface area contributed by atoms with Gasteiger partial charge in [-0.05, 0) is 45.4 Å². The van der Waals surface area contributed by atoms with Crippen LogP contribution in [0.2, 0.25) is 0 Å². The van der Waals surface area contributed by atoms with Gasteiger partial charge in [-0.1, -0.05) is 11.6 Å². The van der Waals surface area contributed by atoms with Crippen molar-refractivity contribution in [2.24, 2.45) is 0 Å². The summed E-state index contributed by atoms with van der Waals surface area (Å²) >= 11 is 5.84. The van der Waals surface area contributed by atoms with E-state index >= 15 is 0 Å². The second-order valence-electron chi connectivity index (χ2n) is 3.43. The predicted molar refractivity (Wildman–Crippen MR) is 51.1 cm³/mol. The normalized spacial score (nSPS) is 20.0. The minimum absolute atomic E-state index is 0.358. The van der Waals surface area contributed by atoms with E-state index in [-0.39, 0.29) is 0 Å². The molecule has 0 saturated carbocycles. The van der Waals surface area contributed by atoms with Crippen molar-refractivity contribution in [2.45, 2.75) is 50.8 Å². The van der Waals surface area contributed by atoms with Crippen molar-refractivity contribution in [3.63, 3.8) is 0 Å². The molecule has 1 heteroatoms. The van der Waals surface area contributed by atoms with Gasteiger partial charge in [0.1, 0.15) is 0 Å². The van der Waals surface area contributed by atoms with Crippen LogP contribution in [0.3, 0.4) is 0 Å². The highest BCUT2D eigenvalue weighted by Gasteiger charge is 2.04. The average molecular weight is 173 g/mol. The Morgan fingerprint density at radius 3 is 3.00 bits per heavy atom. The number of hydrogen-bond acceptors (Lipinski definition) is 0. The van der Waals surface area contributed by atoms with Gasteiger partial charge in [0, 0.05) is 5.38 Å². The van der Waals surface area contributed by atoms with E-state index in [0.29, 0.717) is 5.38 Å². The van der Waals surface area contributed by atoms with Crippen molar-refractivity contribution in [2.75, 3.05) is 0 Å². The first-order valence-corrected chi connectivity index (χ1v) is 5.04. The molecule has 1 atom stereocenters. The Kier molecular flexibility index (Phi) is 3.99. The lowest BCUT2D eigenvalue weighted by atomic mass is 10.1. The first-order valence-electron chi connectivity index (χ1n) is 4.61. The van der Waals surface area contributed by atoms with Gasteiger partial charge in [0.15, 0.2) is 0 Å². The summed E-state index contributed by atoms with van der Waals surface area (Å²) in [5.41, 5.74) is 1.67. The number of alkyl halides is 1. The Bertz CT molecular complexity index is 136. The van der Waals surface area contributed by atoms with Gasteiger partial charge in [-0.2, -0.15) is 0 Å². The zero-order valence-electron chi connectivity index (χ0n) is 7.28. The van der Waals surface area contributed by atoms with Crippen LogP contribution >= 0.6 is 11.6 Å². The second-order valence-corrected chi connectivity index (χ2v) is 4.17. The molecule has 0 aromatic heterocycles. The summed E-state index contributed by atoms with van der Waals surface area (Å²) in [6, 6.07) is 0. The molecule has 1 aliphatic carbocycles. The highest BCUT2D eigenvalue weighted by atomic mass is 35.5. The lowest BCUT2D eigenvalue weighted by molar-refractivity contribution is 0.706. The highest BCUT2D eigenvalue weighted by Crippen LogP contribution is 2.23. The number of allylic oxidation sites excluding steroid dienone is 2. The topological polar surface area (TPSA) is 0 Å². The van der Waals surface area contributed by atoms with Crippen LogP contribution in [0.25, 0.3) is 0 Å². The average Bonchev–Trinajstić information content (AvgIpc) is 2.39. The molecule has 1 rings (SSSR count). The van der Waals surface area contributed by atoms with E-state index in [1.165, 1.54) is 38.5 Å². The van der Waals surface area contributed by atoms with Crippen LogP contribution in [-0.4, -0.2) is 5.38 Å². The van der Waals surface area contributed by atoms with Gasteiger partial charge in [-0.3, -0.25) is 0 Å². The van der Waals surface area contributed by atoms with Crippen molar-refractivity contribution in [1.82, 2.24) is 0 Å². The van der Waals surface area contributed by atoms with E-state index in [2.05, 4.69) is 13.0 Å². The van der Waals surface area contributed by atoms with Crippen molar-refractivity contribution in [1.29, 1.82) is 0 Å². The van der Waals surface area contributed by atoms with E-state index < -0.39 is 0 Å². The van der Waals surface area contributed by atoms with Gasteiger partial charge in [-0.15, -0.1) is 11.6 Å². The fraction of sp³-hybridized carbons (Fsp3) is 0.800. The Labute approximate surface area is 74.6 Å². The third kappa shape index (κ3) is 3.81. The molecule has 64 valence electrons. The van der Waals surface area contributed by atoms with Gasteiger partial charge >= 0.3 is 0 Å². The SMILES string of the molecule is CC(Cl)CCCC1=CCCC1. The monoisotopic (exact) mass is 172 g/mol. The lowest BCUT2D eigenvalue weighted by Gasteiger charge is -2.02. The summed E-state index contributed by atoms with van der Waals surface area (Å²) in [4.78, 5) is 0. The molecule has 11 heavy (non-hydrogen) atoms. The molecule has 0 radical (unpaired) electrons. The van der Waals surface area contributed by atoms with Crippen LogP contribution in [0.15, 0.2) is 11.6 Å². The summed E-state index contributed by atoms with van der Waals surface area (Å²) in [7, 11) is 0. The molecule has 0 heterocycles. The first kappa shape index (κ1) is 9.12. The van der Waals surface area contributed by atoms with Crippen molar-refractivity contribution in [3.05, 3.63) is 11.6 Å². The zero-order chi connectivity index (χ0) is 8.10. The number of rotatable bonds is 4. The largest absolute Gasteiger partial charge is 0.123 e. The van der Waals surface area contributed by atoms with Crippen molar-refractivity contribution in [3.8, 4) is 0 Å². The van der Waals surface area contributed by atoms with Crippen LogP contribution in [0, 0.1) is 0 Å². The fourth-order valence-electron chi connectivity index (χ4n) is 1.57. The molecule has 0 aliphatic heterocycles. The maximum Gasteiger partial charge on any atom is 0.0307 e. The highest BCUT2D eigenvalue weighted by molar-refractivity contribution is 6.20. The number of halogens is 1. The Morgan fingerprint density at radius 2 is 2.45 bits per heavy atom. The van der Waals surface area contributed by atoms with Crippen LogP contribution in [0.1, 0.15) is 45.4 Å². The summed E-state index contributed by atoms with van der Waals surface area (Å²) in [5, 5.41) is 0.358.